The predicted octanol–water partition coefficient (Wildman–Crippen LogP) is 2.99. The fourth-order valence-electron chi connectivity index (χ4n) is 3.55. The van der Waals surface area contributed by atoms with E-state index in [4.69, 9.17) is 4.74 Å². The van der Waals surface area contributed by atoms with E-state index >= 15 is 0 Å². The molecule has 0 atom stereocenters. The van der Waals surface area contributed by atoms with Crippen LogP contribution in [-0.2, 0) is 11.3 Å². The van der Waals surface area contributed by atoms with Crippen molar-refractivity contribution in [1.82, 2.24) is 10.3 Å². The number of carbonyl (C=O) groups is 1. The molecule has 1 amide bonds. The minimum Gasteiger partial charge on any atom is -0.381 e. The first-order valence-corrected chi connectivity index (χ1v) is 10.2. The van der Waals surface area contributed by atoms with Crippen LogP contribution in [0.1, 0.15) is 46.3 Å². The van der Waals surface area contributed by atoms with E-state index in [9.17, 15) is 9.59 Å². The molecule has 1 aliphatic rings. The van der Waals surface area contributed by atoms with Gasteiger partial charge in [0.2, 0.25) is 0 Å². The van der Waals surface area contributed by atoms with E-state index < -0.39 is 0 Å². The molecule has 146 valence electrons. The van der Waals surface area contributed by atoms with Gasteiger partial charge < -0.3 is 19.9 Å². The predicted molar refractivity (Wildman–Crippen MR) is 109 cm³/mol. The van der Waals surface area contributed by atoms with Gasteiger partial charge in [0.25, 0.3) is 11.5 Å². The summed E-state index contributed by atoms with van der Waals surface area (Å²) in [5, 5.41) is 3.99. The van der Waals surface area contributed by atoms with Crippen molar-refractivity contribution in [2.45, 2.75) is 46.2 Å². The van der Waals surface area contributed by atoms with Crippen LogP contribution in [0.15, 0.2) is 23.0 Å². The molecule has 3 heterocycles. The summed E-state index contributed by atoms with van der Waals surface area (Å²) in [6.07, 6.45) is 2.03. The monoisotopic (exact) mass is 389 g/mol. The van der Waals surface area contributed by atoms with E-state index in [1.165, 1.54) is 11.3 Å². The summed E-state index contributed by atoms with van der Waals surface area (Å²) in [5.41, 5.74) is 2.17. The average Bonchev–Trinajstić information content (AvgIpc) is 3.12. The summed E-state index contributed by atoms with van der Waals surface area (Å²) >= 11 is 1.50. The number of hydrogen-bond donors (Lipinski definition) is 2. The number of pyridine rings is 1. The van der Waals surface area contributed by atoms with Gasteiger partial charge in [-0.1, -0.05) is 0 Å². The zero-order valence-electron chi connectivity index (χ0n) is 16.1. The highest BCUT2D eigenvalue weighted by Crippen LogP contribution is 2.30. The molecule has 2 aromatic heterocycles. The average molecular weight is 390 g/mol. The molecule has 0 unspecified atom stereocenters. The van der Waals surface area contributed by atoms with Crippen LogP contribution in [0.2, 0.25) is 0 Å². The molecule has 1 fully saturated rings. The largest absolute Gasteiger partial charge is 0.381 e. The second kappa shape index (κ2) is 8.71. The van der Waals surface area contributed by atoms with Gasteiger partial charge in [0, 0.05) is 43.6 Å². The molecule has 0 radical (unpaired) electrons. The second-order valence-electron chi connectivity index (χ2n) is 6.89. The van der Waals surface area contributed by atoms with Gasteiger partial charge in [0.1, 0.15) is 0 Å². The van der Waals surface area contributed by atoms with Crippen molar-refractivity contribution in [3.8, 4) is 0 Å². The summed E-state index contributed by atoms with van der Waals surface area (Å²) < 4.78 is 5.46. The fraction of sp³-hybridized carbons (Fsp3) is 0.500. The molecule has 1 saturated heterocycles. The Hall–Kier alpha value is -2.12. The zero-order valence-corrected chi connectivity index (χ0v) is 16.9. The number of nitrogens with one attached hydrogen (secondary N) is 2. The van der Waals surface area contributed by atoms with Gasteiger partial charge in [-0.2, -0.15) is 0 Å². The zero-order chi connectivity index (χ0) is 19.4. The van der Waals surface area contributed by atoms with E-state index in [2.05, 4.69) is 22.1 Å². The number of rotatable bonds is 6. The van der Waals surface area contributed by atoms with E-state index in [-0.39, 0.29) is 18.0 Å². The van der Waals surface area contributed by atoms with Gasteiger partial charge in [0.05, 0.1) is 9.88 Å². The Morgan fingerprint density at radius 1 is 1.33 bits per heavy atom. The van der Waals surface area contributed by atoms with Crippen LogP contribution in [0.4, 0.5) is 5.00 Å². The number of aryl methyl sites for hydroxylation is 2. The van der Waals surface area contributed by atoms with Crippen LogP contribution in [0.5, 0.6) is 0 Å². The number of thiophene rings is 1. The Morgan fingerprint density at radius 3 is 2.74 bits per heavy atom. The van der Waals surface area contributed by atoms with Crippen molar-refractivity contribution in [3.63, 3.8) is 0 Å². The number of H-pyrrole nitrogens is 1. The molecule has 7 heteroatoms. The second-order valence-corrected chi connectivity index (χ2v) is 7.96. The maximum atomic E-state index is 12.6. The number of anilines is 1. The third-order valence-corrected chi connectivity index (χ3v) is 6.11. The Kier molecular flexibility index (Phi) is 6.34. The van der Waals surface area contributed by atoms with Gasteiger partial charge in [-0.15, -0.1) is 11.3 Å². The SMILES string of the molecule is CCN(c1ccc(C(=O)NCc2c(C)cc(C)[nH]c2=O)s1)C1CCOCC1. The molecule has 2 N–H and O–H groups in total. The highest BCUT2D eigenvalue weighted by molar-refractivity contribution is 7.18. The van der Waals surface area contributed by atoms with Crippen LogP contribution in [0, 0.1) is 13.8 Å². The van der Waals surface area contributed by atoms with E-state index in [1.807, 2.05) is 32.0 Å². The van der Waals surface area contributed by atoms with Crippen LogP contribution in [0.25, 0.3) is 0 Å². The van der Waals surface area contributed by atoms with Crippen molar-refractivity contribution in [2.75, 3.05) is 24.7 Å². The van der Waals surface area contributed by atoms with Crippen LogP contribution >= 0.6 is 11.3 Å². The van der Waals surface area contributed by atoms with Crippen LogP contribution in [-0.4, -0.2) is 36.7 Å². The molecule has 0 spiro atoms. The molecule has 2 aromatic rings. The first-order valence-electron chi connectivity index (χ1n) is 9.41. The first kappa shape index (κ1) is 19.6. The fourth-order valence-corrected chi connectivity index (χ4v) is 4.61. The summed E-state index contributed by atoms with van der Waals surface area (Å²) in [6, 6.07) is 6.26. The summed E-state index contributed by atoms with van der Waals surface area (Å²) in [6.45, 7) is 8.60. The van der Waals surface area contributed by atoms with E-state index in [1.54, 1.807) is 0 Å². The normalized spacial score (nSPS) is 14.9. The van der Waals surface area contributed by atoms with Crippen LogP contribution in [0.3, 0.4) is 0 Å². The Labute approximate surface area is 163 Å². The van der Waals surface area contributed by atoms with Gasteiger partial charge in [-0.3, -0.25) is 9.59 Å². The minimum absolute atomic E-state index is 0.142. The third-order valence-electron chi connectivity index (χ3n) is 4.99. The topological polar surface area (TPSA) is 74.4 Å². The van der Waals surface area contributed by atoms with Crippen molar-refractivity contribution >= 4 is 22.2 Å². The molecular formula is C20H27N3O3S. The highest BCUT2D eigenvalue weighted by Gasteiger charge is 2.22. The van der Waals surface area contributed by atoms with Gasteiger partial charge >= 0.3 is 0 Å². The van der Waals surface area contributed by atoms with Gasteiger partial charge in [0.15, 0.2) is 0 Å². The lowest BCUT2D eigenvalue weighted by Crippen LogP contribution is -2.39. The summed E-state index contributed by atoms with van der Waals surface area (Å²) in [4.78, 5) is 30.5. The highest BCUT2D eigenvalue weighted by atomic mass is 32.1. The van der Waals surface area contributed by atoms with Crippen molar-refractivity contribution in [3.05, 3.63) is 50.3 Å². The lowest BCUT2D eigenvalue weighted by atomic mass is 10.1. The van der Waals surface area contributed by atoms with E-state index in [0.29, 0.717) is 16.5 Å². The standard InChI is InChI=1S/C20H27N3O3S/c1-4-23(15-7-9-26-10-8-15)18-6-5-17(27-18)20(25)21-12-16-13(2)11-14(3)22-19(16)24/h5-6,11,15H,4,7-10,12H2,1-3H3,(H,21,25)(H,22,24). The van der Waals surface area contributed by atoms with Crippen molar-refractivity contribution in [1.29, 1.82) is 0 Å². The summed E-state index contributed by atoms with van der Waals surface area (Å²) in [5.74, 6) is -0.145. The maximum absolute atomic E-state index is 12.6. The minimum atomic E-state index is -0.145. The number of ether oxygens (including phenoxy) is 1. The molecule has 27 heavy (non-hydrogen) atoms. The number of amides is 1. The number of nitrogens with zero attached hydrogens (tertiary/aromatic N) is 1. The quantitative estimate of drug-likeness (QED) is 0.797. The molecule has 6 nitrogen and oxygen atoms in total. The number of carbonyl (C=O) groups excluding carboxylic acids is 1. The smallest absolute Gasteiger partial charge is 0.261 e. The molecule has 0 aliphatic carbocycles. The van der Waals surface area contributed by atoms with E-state index in [0.717, 1.165) is 48.9 Å². The summed E-state index contributed by atoms with van der Waals surface area (Å²) in [7, 11) is 0. The molecule has 0 saturated carbocycles. The molecule has 1 aliphatic heterocycles. The number of aromatic amines is 1. The lowest BCUT2D eigenvalue weighted by Gasteiger charge is -2.34. The van der Waals surface area contributed by atoms with Crippen molar-refractivity contribution < 1.29 is 9.53 Å². The lowest BCUT2D eigenvalue weighted by molar-refractivity contribution is 0.0847. The maximum Gasteiger partial charge on any atom is 0.261 e. The third kappa shape index (κ3) is 4.59. The van der Waals surface area contributed by atoms with Gasteiger partial charge in [-0.25, -0.2) is 0 Å². The Balaban J connectivity index is 1.67. The molecule has 0 aromatic carbocycles. The van der Waals surface area contributed by atoms with Crippen molar-refractivity contribution in [2.24, 2.45) is 0 Å². The number of hydrogen-bond acceptors (Lipinski definition) is 5. The Morgan fingerprint density at radius 2 is 2.07 bits per heavy atom. The van der Waals surface area contributed by atoms with Crippen LogP contribution < -0.4 is 15.8 Å². The molecular weight excluding hydrogens is 362 g/mol. The molecule has 3 rings (SSSR count). The molecule has 0 bridgehead atoms. The van der Waals surface area contributed by atoms with Gasteiger partial charge in [-0.05, 0) is 57.4 Å². The number of aromatic nitrogens is 1. The first-order chi connectivity index (χ1) is 13.0. The Bertz CT molecular complexity index is 852.